The minimum atomic E-state index is -0.348. The molecule has 1 aliphatic carbocycles. The van der Waals surface area contributed by atoms with Crippen LogP contribution in [0.2, 0.25) is 0 Å². The summed E-state index contributed by atoms with van der Waals surface area (Å²) in [4.78, 5) is 14.8. The molecule has 0 aromatic heterocycles. The van der Waals surface area contributed by atoms with Gasteiger partial charge in [-0.2, -0.15) is 0 Å². The van der Waals surface area contributed by atoms with Crippen molar-refractivity contribution >= 4 is 5.91 Å². The predicted molar refractivity (Wildman–Crippen MR) is 85.0 cm³/mol. The maximum atomic E-state index is 12.8. The Labute approximate surface area is 129 Å². The summed E-state index contributed by atoms with van der Waals surface area (Å²) in [6.07, 6.45) is 9.53. The predicted octanol–water partition coefficient (Wildman–Crippen LogP) is 2.70. The van der Waals surface area contributed by atoms with E-state index in [1.54, 1.807) is 0 Å². The third-order valence-corrected chi connectivity index (χ3v) is 5.61. The third kappa shape index (κ3) is 3.78. The van der Waals surface area contributed by atoms with Gasteiger partial charge in [0.15, 0.2) is 0 Å². The van der Waals surface area contributed by atoms with Crippen molar-refractivity contribution < 1.29 is 9.53 Å². The first kappa shape index (κ1) is 16.8. The highest BCUT2D eigenvalue weighted by Gasteiger charge is 2.38. The molecule has 1 aliphatic heterocycles. The zero-order valence-corrected chi connectivity index (χ0v) is 13.8. The van der Waals surface area contributed by atoms with E-state index in [-0.39, 0.29) is 11.3 Å². The monoisotopic (exact) mass is 296 g/mol. The molecule has 2 N–H and O–H groups in total. The Kier molecular flexibility index (Phi) is 6.06. The SMILES string of the molecule is CCC(CC)(CN)C(=O)N1CCC(OC2CCCC2)CC1. The molecule has 0 spiro atoms. The first-order chi connectivity index (χ1) is 10.1. The fourth-order valence-electron chi connectivity index (χ4n) is 3.76. The largest absolute Gasteiger partial charge is 0.375 e. The number of hydrogen-bond acceptors (Lipinski definition) is 3. The lowest BCUT2D eigenvalue weighted by molar-refractivity contribution is -0.145. The smallest absolute Gasteiger partial charge is 0.230 e. The molecule has 1 saturated carbocycles. The number of carbonyl (C=O) groups excluding carboxylic acids is 1. The van der Waals surface area contributed by atoms with Crippen molar-refractivity contribution in [3.05, 3.63) is 0 Å². The highest BCUT2D eigenvalue weighted by Crippen LogP contribution is 2.30. The van der Waals surface area contributed by atoms with Gasteiger partial charge in [-0.1, -0.05) is 26.7 Å². The molecule has 1 saturated heterocycles. The molecule has 0 unspecified atom stereocenters. The number of piperidine rings is 1. The number of hydrogen-bond donors (Lipinski definition) is 1. The topological polar surface area (TPSA) is 55.6 Å². The van der Waals surface area contributed by atoms with Crippen molar-refractivity contribution in [2.24, 2.45) is 11.1 Å². The van der Waals surface area contributed by atoms with E-state index in [1.165, 1.54) is 25.7 Å². The molecule has 122 valence electrons. The maximum absolute atomic E-state index is 12.8. The second-order valence-electron chi connectivity index (χ2n) is 6.73. The molecular weight excluding hydrogens is 264 g/mol. The van der Waals surface area contributed by atoms with E-state index in [2.05, 4.69) is 13.8 Å². The van der Waals surface area contributed by atoms with E-state index in [4.69, 9.17) is 10.5 Å². The van der Waals surface area contributed by atoms with Crippen LogP contribution in [0.15, 0.2) is 0 Å². The van der Waals surface area contributed by atoms with Gasteiger partial charge in [-0.15, -0.1) is 0 Å². The Bertz CT molecular complexity index is 319. The second-order valence-corrected chi connectivity index (χ2v) is 6.73. The maximum Gasteiger partial charge on any atom is 0.230 e. The summed E-state index contributed by atoms with van der Waals surface area (Å²) in [6.45, 7) is 6.27. The van der Waals surface area contributed by atoms with Gasteiger partial charge in [0.05, 0.1) is 17.6 Å². The van der Waals surface area contributed by atoms with Crippen LogP contribution in [-0.2, 0) is 9.53 Å². The van der Waals surface area contributed by atoms with Gasteiger partial charge in [0, 0.05) is 19.6 Å². The van der Waals surface area contributed by atoms with Crippen molar-refractivity contribution in [2.45, 2.75) is 77.4 Å². The van der Waals surface area contributed by atoms with Crippen LogP contribution in [0.1, 0.15) is 65.2 Å². The quantitative estimate of drug-likeness (QED) is 0.820. The van der Waals surface area contributed by atoms with E-state index in [9.17, 15) is 4.79 Å². The van der Waals surface area contributed by atoms with Gasteiger partial charge in [-0.05, 0) is 38.5 Å². The number of ether oxygens (including phenoxy) is 1. The lowest BCUT2D eigenvalue weighted by Gasteiger charge is -2.39. The van der Waals surface area contributed by atoms with Crippen LogP contribution in [0.3, 0.4) is 0 Å². The van der Waals surface area contributed by atoms with Crippen LogP contribution in [0.5, 0.6) is 0 Å². The van der Waals surface area contributed by atoms with Crippen LogP contribution in [0.4, 0.5) is 0 Å². The number of amides is 1. The summed E-state index contributed by atoms with van der Waals surface area (Å²) in [5.41, 5.74) is 5.55. The Morgan fingerprint density at radius 1 is 1.10 bits per heavy atom. The third-order valence-electron chi connectivity index (χ3n) is 5.61. The molecule has 2 rings (SSSR count). The van der Waals surface area contributed by atoms with Crippen molar-refractivity contribution in [2.75, 3.05) is 19.6 Å². The average molecular weight is 296 g/mol. The average Bonchev–Trinajstić information content (AvgIpc) is 3.03. The van der Waals surface area contributed by atoms with E-state index in [1.807, 2.05) is 4.90 Å². The summed E-state index contributed by atoms with van der Waals surface area (Å²) >= 11 is 0. The van der Waals surface area contributed by atoms with Crippen LogP contribution < -0.4 is 5.73 Å². The number of rotatable bonds is 6. The van der Waals surface area contributed by atoms with Gasteiger partial charge in [-0.25, -0.2) is 0 Å². The van der Waals surface area contributed by atoms with Gasteiger partial charge >= 0.3 is 0 Å². The molecule has 4 heteroatoms. The van der Waals surface area contributed by atoms with Crippen LogP contribution in [-0.4, -0.2) is 42.6 Å². The summed E-state index contributed by atoms with van der Waals surface area (Å²) in [5, 5.41) is 0. The lowest BCUT2D eigenvalue weighted by Crippen LogP contribution is -2.51. The molecule has 21 heavy (non-hydrogen) atoms. The van der Waals surface area contributed by atoms with Gasteiger partial charge < -0.3 is 15.4 Å². The van der Waals surface area contributed by atoms with Gasteiger partial charge in [0.25, 0.3) is 0 Å². The summed E-state index contributed by atoms with van der Waals surface area (Å²) in [7, 11) is 0. The molecule has 0 bridgehead atoms. The number of likely N-dealkylation sites (tertiary alicyclic amines) is 1. The van der Waals surface area contributed by atoms with E-state index in [0.29, 0.717) is 18.8 Å². The summed E-state index contributed by atoms with van der Waals surface area (Å²) < 4.78 is 6.18. The molecule has 1 heterocycles. The number of carbonyl (C=O) groups is 1. The van der Waals surface area contributed by atoms with Gasteiger partial charge in [0.2, 0.25) is 5.91 Å². The highest BCUT2D eigenvalue weighted by atomic mass is 16.5. The number of nitrogens with two attached hydrogens (primary N) is 1. The lowest BCUT2D eigenvalue weighted by atomic mass is 9.80. The Morgan fingerprint density at radius 3 is 2.10 bits per heavy atom. The van der Waals surface area contributed by atoms with Crippen molar-refractivity contribution in [1.29, 1.82) is 0 Å². The Balaban J connectivity index is 1.83. The molecular formula is C17H32N2O2. The first-order valence-corrected chi connectivity index (χ1v) is 8.80. The van der Waals surface area contributed by atoms with Crippen LogP contribution in [0.25, 0.3) is 0 Å². The van der Waals surface area contributed by atoms with Gasteiger partial charge in [0.1, 0.15) is 0 Å². The van der Waals surface area contributed by atoms with Gasteiger partial charge in [-0.3, -0.25) is 4.79 Å². The Morgan fingerprint density at radius 2 is 1.62 bits per heavy atom. The summed E-state index contributed by atoms with van der Waals surface area (Å²) in [6, 6.07) is 0. The van der Waals surface area contributed by atoms with Crippen LogP contribution in [0, 0.1) is 5.41 Å². The zero-order chi connectivity index (χ0) is 15.3. The minimum Gasteiger partial charge on any atom is -0.375 e. The minimum absolute atomic E-state index is 0.259. The molecule has 0 aromatic rings. The van der Waals surface area contributed by atoms with E-state index >= 15 is 0 Å². The molecule has 2 fully saturated rings. The second kappa shape index (κ2) is 7.59. The van der Waals surface area contributed by atoms with Crippen molar-refractivity contribution in [1.82, 2.24) is 4.90 Å². The molecule has 2 aliphatic rings. The molecule has 0 radical (unpaired) electrons. The fourth-order valence-corrected chi connectivity index (χ4v) is 3.76. The van der Waals surface area contributed by atoms with Crippen molar-refractivity contribution in [3.8, 4) is 0 Å². The van der Waals surface area contributed by atoms with E-state index in [0.717, 1.165) is 38.8 Å². The molecule has 1 amide bonds. The van der Waals surface area contributed by atoms with E-state index < -0.39 is 0 Å². The first-order valence-electron chi connectivity index (χ1n) is 8.80. The molecule has 0 aromatic carbocycles. The molecule has 4 nitrogen and oxygen atoms in total. The zero-order valence-electron chi connectivity index (χ0n) is 13.8. The standard InChI is InChI=1S/C17H32N2O2/c1-3-17(4-2,13-18)16(20)19-11-9-15(10-12-19)21-14-7-5-6-8-14/h14-15H,3-13,18H2,1-2H3. The van der Waals surface area contributed by atoms with Crippen molar-refractivity contribution in [3.63, 3.8) is 0 Å². The normalized spacial score (nSPS) is 22.0. The van der Waals surface area contributed by atoms with Crippen LogP contribution >= 0.6 is 0 Å². The number of nitrogens with zero attached hydrogens (tertiary/aromatic N) is 1. The highest BCUT2D eigenvalue weighted by molar-refractivity contribution is 5.83. The Hall–Kier alpha value is -0.610. The fraction of sp³-hybridized carbons (Fsp3) is 0.941. The summed E-state index contributed by atoms with van der Waals surface area (Å²) in [5.74, 6) is 0.259. The molecule has 0 atom stereocenters.